The molecule has 1 aromatic rings. The van der Waals surface area contributed by atoms with Crippen molar-refractivity contribution in [2.45, 2.75) is 31.5 Å². The molecule has 0 spiro atoms. The first kappa shape index (κ1) is 11.4. The number of rotatable bonds is 2. The van der Waals surface area contributed by atoms with Gasteiger partial charge in [0.1, 0.15) is 5.75 Å². The van der Waals surface area contributed by atoms with E-state index in [2.05, 4.69) is 0 Å². The van der Waals surface area contributed by atoms with Crippen molar-refractivity contribution >= 4 is 0 Å². The summed E-state index contributed by atoms with van der Waals surface area (Å²) in [6.45, 7) is 2.48. The van der Waals surface area contributed by atoms with Crippen LogP contribution in [0.1, 0.15) is 31.4 Å². The SMILES string of the molecule is COc1ccc(C2CC(C)(O)CCO2)cc1. The largest absolute Gasteiger partial charge is 0.497 e. The van der Waals surface area contributed by atoms with E-state index in [1.807, 2.05) is 31.2 Å². The van der Waals surface area contributed by atoms with E-state index in [4.69, 9.17) is 9.47 Å². The number of aliphatic hydroxyl groups is 1. The summed E-state index contributed by atoms with van der Waals surface area (Å²) in [4.78, 5) is 0. The van der Waals surface area contributed by atoms with Crippen molar-refractivity contribution in [2.75, 3.05) is 13.7 Å². The molecule has 2 unspecified atom stereocenters. The van der Waals surface area contributed by atoms with E-state index < -0.39 is 5.60 Å². The van der Waals surface area contributed by atoms with Gasteiger partial charge in [-0.1, -0.05) is 12.1 Å². The van der Waals surface area contributed by atoms with Crippen LogP contribution < -0.4 is 4.74 Å². The van der Waals surface area contributed by atoms with Crippen molar-refractivity contribution in [3.63, 3.8) is 0 Å². The molecule has 1 fully saturated rings. The van der Waals surface area contributed by atoms with Gasteiger partial charge in [-0.05, 0) is 31.0 Å². The zero-order chi connectivity index (χ0) is 11.6. The molecule has 1 aliphatic heterocycles. The Morgan fingerprint density at radius 3 is 2.62 bits per heavy atom. The third-order valence-corrected chi connectivity index (χ3v) is 3.07. The van der Waals surface area contributed by atoms with Gasteiger partial charge in [0.2, 0.25) is 0 Å². The maximum atomic E-state index is 10.0. The molecule has 88 valence electrons. The van der Waals surface area contributed by atoms with Crippen molar-refractivity contribution in [3.05, 3.63) is 29.8 Å². The van der Waals surface area contributed by atoms with Gasteiger partial charge in [0.25, 0.3) is 0 Å². The molecule has 0 aliphatic carbocycles. The summed E-state index contributed by atoms with van der Waals surface area (Å²) in [6, 6.07) is 7.82. The Bertz CT molecular complexity index is 343. The van der Waals surface area contributed by atoms with E-state index in [1.54, 1.807) is 7.11 Å². The first-order chi connectivity index (χ1) is 7.61. The minimum Gasteiger partial charge on any atom is -0.497 e. The molecule has 3 heteroatoms. The highest BCUT2D eigenvalue weighted by molar-refractivity contribution is 5.28. The third-order valence-electron chi connectivity index (χ3n) is 3.07. The summed E-state index contributed by atoms with van der Waals surface area (Å²) in [5, 5.41) is 10.0. The van der Waals surface area contributed by atoms with Crippen molar-refractivity contribution in [3.8, 4) is 5.75 Å². The Balaban J connectivity index is 2.11. The van der Waals surface area contributed by atoms with Gasteiger partial charge in [-0.2, -0.15) is 0 Å². The van der Waals surface area contributed by atoms with Crippen LogP contribution >= 0.6 is 0 Å². The normalized spacial score (nSPS) is 30.1. The summed E-state index contributed by atoms with van der Waals surface area (Å²) in [5.41, 5.74) is 0.490. The van der Waals surface area contributed by atoms with Crippen LogP contribution in [0.2, 0.25) is 0 Å². The molecule has 2 atom stereocenters. The molecule has 16 heavy (non-hydrogen) atoms. The van der Waals surface area contributed by atoms with Crippen LogP contribution in [0, 0.1) is 0 Å². The molecular weight excluding hydrogens is 204 g/mol. The quantitative estimate of drug-likeness (QED) is 0.834. The van der Waals surface area contributed by atoms with E-state index >= 15 is 0 Å². The second-order valence-electron chi connectivity index (χ2n) is 4.58. The average molecular weight is 222 g/mol. The maximum absolute atomic E-state index is 10.0. The van der Waals surface area contributed by atoms with Crippen LogP contribution in [0.3, 0.4) is 0 Å². The predicted molar refractivity (Wildman–Crippen MR) is 61.5 cm³/mol. The lowest BCUT2D eigenvalue weighted by Gasteiger charge is -2.34. The minimum absolute atomic E-state index is 0.00495. The summed E-state index contributed by atoms with van der Waals surface area (Å²) >= 11 is 0. The van der Waals surface area contributed by atoms with Gasteiger partial charge in [0.15, 0.2) is 0 Å². The second kappa shape index (κ2) is 4.44. The molecule has 3 nitrogen and oxygen atoms in total. The molecule has 0 saturated carbocycles. The van der Waals surface area contributed by atoms with Crippen LogP contribution in [0.15, 0.2) is 24.3 Å². The third kappa shape index (κ3) is 2.54. The summed E-state index contributed by atoms with van der Waals surface area (Å²) < 4.78 is 10.8. The van der Waals surface area contributed by atoms with Gasteiger partial charge in [0.05, 0.1) is 25.4 Å². The number of hydrogen-bond donors (Lipinski definition) is 1. The highest BCUT2D eigenvalue weighted by Gasteiger charge is 2.31. The minimum atomic E-state index is -0.608. The van der Waals surface area contributed by atoms with Crippen LogP contribution in [-0.4, -0.2) is 24.4 Å². The fraction of sp³-hybridized carbons (Fsp3) is 0.538. The van der Waals surface area contributed by atoms with E-state index in [0.717, 1.165) is 11.3 Å². The Kier molecular flexibility index (Phi) is 3.17. The fourth-order valence-electron chi connectivity index (χ4n) is 2.01. The highest BCUT2D eigenvalue weighted by atomic mass is 16.5. The van der Waals surface area contributed by atoms with Crippen LogP contribution in [-0.2, 0) is 4.74 Å². The van der Waals surface area contributed by atoms with Crippen molar-refractivity contribution < 1.29 is 14.6 Å². The summed E-state index contributed by atoms with van der Waals surface area (Å²) in [6.07, 6.45) is 1.36. The average Bonchev–Trinajstić information content (AvgIpc) is 2.28. The van der Waals surface area contributed by atoms with Gasteiger partial charge < -0.3 is 14.6 Å². The van der Waals surface area contributed by atoms with E-state index in [1.165, 1.54) is 0 Å². The molecule has 0 bridgehead atoms. The molecule has 0 radical (unpaired) electrons. The lowest BCUT2D eigenvalue weighted by Crippen LogP contribution is -2.34. The molecule has 0 aromatic heterocycles. The zero-order valence-electron chi connectivity index (χ0n) is 9.77. The van der Waals surface area contributed by atoms with Gasteiger partial charge in [-0.15, -0.1) is 0 Å². The molecular formula is C13H18O3. The second-order valence-corrected chi connectivity index (χ2v) is 4.58. The van der Waals surface area contributed by atoms with E-state index in [0.29, 0.717) is 19.4 Å². The molecule has 1 heterocycles. The monoisotopic (exact) mass is 222 g/mol. The summed E-state index contributed by atoms with van der Waals surface area (Å²) in [5.74, 6) is 0.839. The van der Waals surface area contributed by atoms with Crippen LogP contribution in [0.25, 0.3) is 0 Å². The van der Waals surface area contributed by atoms with Gasteiger partial charge in [-0.25, -0.2) is 0 Å². The Morgan fingerprint density at radius 1 is 1.38 bits per heavy atom. The Labute approximate surface area is 96.0 Å². The number of hydrogen-bond acceptors (Lipinski definition) is 3. The standard InChI is InChI=1S/C13H18O3/c1-13(14)7-8-16-12(9-13)10-3-5-11(15-2)6-4-10/h3-6,12,14H,7-9H2,1-2H3. The highest BCUT2D eigenvalue weighted by Crippen LogP contribution is 2.34. The number of ether oxygens (including phenoxy) is 2. The first-order valence-electron chi connectivity index (χ1n) is 5.59. The lowest BCUT2D eigenvalue weighted by molar-refractivity contribution is -0.0952. The van der Waals surface area contributed by atoms with Crippen molar-refractivity contribution in [1.82, 2.24) is 0 Å². The van der Waals surface area contributed by atoms with Crippen LogP contribution in [0.5, 0.6) is 5.75 Å². The molecule has 1 N–H and O–H groups in total. The Morgan fingerprint density at radius 2 is 2.06 bits per heavy atom. The lowest BCUT2D eigenvalue weighted by atomic mass is 9.89. The molecule has 1 aliphatic rings. The molecule has 1 aromatic carbocycles. The first-order valence-corrected chi connectivity index (χ1v) is 5.59. The molecule has 0 amide bonds. The zero-order valence-corrected chi connectivity index (χ0v) is 9.77. The van der Waals surface area contributed by atoms with Crippen LogP contribution in [0.4, 0.5) is 0 Å². The fourth-order valence-corrected chi connectivity index (χ4v) is 2.01. The number of methoxy groups -OCH3 is 1. The Hall–Kier alpha value is -1.06. The van der Waals surface area contributed by atoms with Crippen molar-refractivity contribution in [2.24, 2.45) is 0 Å². The van der Waals surface area contributed by atoms with E-state index in [9.17, 15) is 5.11 Å². The summed E-state index contributed by atoms with van der Waals surface area (Å²) in [7, 11) is 1.65. The van der Waals surface area contributed by atoms with Gasteiger partial charge >= 0.3 is 0 Å². The van der Waals surface area contributed by atoms with E-state index in [-0.39, 0.29) is 6.10 Å². The number of benzene rings is 1. The van der Waals surface area contributed by atoms with Gasteiger partial charge in [0, 0.05) is 6.42 Å². The smallest absolute Gasteiger partial charge is 0.118 e. The van der Waals surface area contributed by atoms with Gasteiger partial charge in [-0.3, -0.25) is 0 Å². The topological polar surface area (TPSA) is 38.7 Å². The van der Waals surface area contributed by atoms with Crippen molar-refractivity contribution in [1.29, 1.82) is 0 Å². The predicted octanol–water partition coefficient (Wildman–Crippen LogP) is 2.30. The maximum Gasteiger partial charge on any atom is 0.118 e. The molecule has 1 saturated heterocycles. The molecule has 2 rings (SSSR count).